The molecule has 2 atom stereocenters. The first kappa shape index (κ1) is 15.4. The third kappa shape index (κ3) is 3.74. The fourth-order valence-corrected chi connectivity index (χ4v) is 3.04. The highest BCUT2D eigenvalue weighted by atomic mass is 16.4. The number of hydrogen-bond donors (Lipinski definition) is 3. The van der Waals surface area contributed by atoms with Crippen LogP contribution in [0, 0.1) is 5.92 Å². The van der Waals surface area contributed by atoms with Gasteiger partial charge < -0.3 is 15.5 Å². The number of benzene rings is 1. The maximum atomic E-state index is 12.2. The third-order valence-electron chi connectivity index (χ3n) is 4.23. The number of carboxylic acid groups (broad SMARTS) is 1. The van der Waals surface area contributed by atoms with Gasteiger partial charge in [-0.2, -0.15) is 0 Å². The number of carbonyl (C=O) groups excluding carboxylic acids is 1. The summed E-state index contributed by atoms with van der Waals surface area (Å²) in [4.78, 5) is 23.5. The maximum Gasteiger partial charge on any atom is 0.308 e. The first-order valence-corrected chi connectivity index (χ1v) is 7.22. The monoisotopic (exact) mass is 291 g/mol. The molecule has 1 amide bonds. The zero-order valence-electron chi connectivity index (χ0n) is 12.1. The van der Waals surface area contributed by atoms with Crippen LogP contribution in [0.3, 0.4) is 0 Å². The minimum Gasteiger partial charge on any atom is -0.508 e. The molecule has 5 heteroatoms. The lowest BCUT2D eigenvalue weighted by Gasteiger charge is -2.39. The van der Waals surface area contributed by atoms with E-state index in [0.717, 1.165) is 18.4 Å². The molecule has 1 saturated carbocycles. The summed E-state index contributed by atoms with van der Waals surface area (Å²) in [6.45, 7) is 1.82. The Morgan fingerprint density at radius 3 is 2.57 bits per heavy atom. The number of phenolic OH excluding ortho intramolecular Hbond substituents is 1. The smallest absolute Gasteiger partial charge is 0.308 e. The van der Waals surface area contributed by atoms with E-state index in [1.165, 1.54) is 12.1 Å². The van der Waals surface area contributed by atoms with Crippen LogP contribution in [-0.2, 0) is 16.0 Å². The molecule has 0 spiro atoms. The average molecular weight is 291 g/mol. The van der Waals surface area contributed by atoms with Gasteiger partial charge in [-0.1, -0.05) is 25.0 Å². The van der Waals surface area contributed by atoms with Crippen molar-refractivity contribution in [2.45, 2.75) is 44.6 Å². The van der Waals surface area contributed by atoms with Gasteiger partial charge in [0, 0.05) is 0 Å². The van der Waals surface area contributed by atoms with Gasteiger partial charge in [0.2, 0.25) is 5.91 Å². The van der Waals surface area contributed by atoms with E-state index in [0.29, 0.717) is 12.8 Å². The zero-order valence-corrected chi connectivity index (χ0v) is 12.1. The summed E-state index contributed by atoms with van der Waals surface area (Å²) in [5, 5.41) is 21.5. The Kier molecular flexibility index (Phi) is 4.50. The molecule has 3 N–H and O–H groups in total. The van der Waals surface area contributed by atoms with Crippen molar-refractivity contribution in [3.63, 3.8) is 0 Å². The standard InChI is InChI=1S/C16H21NO4/c1-16(9-3-2-4-13(16)15(20)21)17-14(19)10-11-5-7-12(18)8-6-11/h5-8,13,18H,2-4,9-10H2,1H3,(H,17,19)(H,20,21). The SMILES string of the molecule is CC1(NC(=O)Cc2ccc(O)cc2)CCCCC1C(=O)O. The van der Waals surface area contributed by atoms with Gasteiger partial charge in [0.1, 0.15) is 5.75 Å². The van der Waals surface area contributed by atoms with Gasteiger partial charge in [-0.15, -0.1) is 0 Å². The Hall–Kier alpha value is -2.04. The first-order chi connectivity index (χ1) is 9.90. The van der Waals surface area contributed by atoms with E-state index in [4.69, 9.17) is 0 Å². The van der Waals surface area contributed by atoms with Crippen molar-refractivity contribution in [2.24, 2.45) is 5.92 Å². The Morgan fingerprint density at radius 2 is 1.95 bits per heavy atom. The third-order valence-corrected chi connectivity index (χ3v) is 4.23. The van der Waals surface area contributed by atoms with Crippen LogP contribution < -0.4 is 5.32 Å². The van der Waals surface area contributed by atoms with Crippen LogP contribution in [0.4, 0.5) is 0 Å². The summed E-state index contributed by atoms with van der Waals surface area (Å²) in [6, 6.07) is 6.44. The molecule has 0 aliphatic heterocycles. The van der Waals surface area contributed by atoms with E-state index in [2.05, 4.69) is 5.32 Å². The van der Waals surface area contributed by atoms with Crippen LogP contribution in [0.2, 0.25) is 0 Å². The van der Waals surface area contributed by atoms with E-state index in [-0.39, 0.29) is 18.1 Å². The Labute approximate surface area is 124 Å². The number of aromatic hydroxyl groups is 1. The van der Waals surface area contributed by atoms with Gasteiger partial charge in [0.15, 0.2) is 0 Å². The highest BCUT2D eigenvalue weighted by molar-refractivity contribution is 5.81. The van der Waals surface area contributed by atoms with Gasteiger partial charge in [-0.05, 0) is 37.5 Å². The van der Waals surface area contributed by atoms with Crippen molar-refractivity contribution in [2.75, 3.05) is 0 Å². The molecule has 1 aliphatic carbocycles. The molecular weight excluding hydrogens is 270 g/mol. The summed E-state index contributed by atoms with van der Waals surface area (Å²) < 4.78 is 0. The molecule has 1 aromatic carbocycles. The van der Waals surface area contributed by atoms with Crippen LogP contribution in [0.5, 0.6) is 5.75 Å². The lowest BCUT2D eigenvalue weighted by molar-refractivity contribution is -0.146. The number of amides is 1. The number of aliphatic carboxylic acids is 1. The predicted octanol–water partition coefficient (Wildman–Crippen LogP) is 2.08. The van der Waals surface area contributed by atoms with Crippen molar-refractivity contribution in [3.05, 3.63) is 29.8 Å². The molecule has 2 unspecified atom stereocenters. The molecule has 5 nitrogen and oxygen atoms in total. The summed E-state index contributed by atoms with van der Waals surface area (Å²) >= 11 is 0. The second kappa shape index (κ2) is 6.16. The quantitative estimate of drug-likeness (QED) is 0.792. The van der Waals surface area contributed by atoms with Crippen molar-refractivity contribution in [1.29, 1.82) is 0 Å². The Bertz CT molecular complexity index is 526. The Morgan fingerprint density at radius 1 is 1.29 bits per heavy atom. The van der Waals surface area contributed by atoms with Crippen LogP contribution in [0.1, 0.15) is 38.2 Å². The average Bonchev–Trinajstić information content (AvgIpc) is 2.41. The number of rotatable bonds is 4. The summed E-state index contributed by atoms with van der Waals surface area (Å²) in [7, 11) is 0. The lowest BCUT2D eigenvalue weighted by Crippen LogP contribution is -2.55. The van der Waals surface area contributed by atoms with E-state index in [1.54, 1.807) is 12.1 Å². The molecular formula is C16H21NO4. The fourth-order valence-electron chi connectivity index (χ4n) is 3.04. The summed E-state index contributed by atoms with van der Waals surface area (Å²) in [5.74, 6) is -1.40. The highest BCUT2D eigenvalue weighted by Crippen LogP contribution is 2.33. The molecule has 0 radical (unpaired) electrons. The lowest BCUT2D eigenvalue weighted by atomic mass is 9.74. The summed E-state index contributed by atoms with van der Waals surface area (Å²) in [5.41, 5.74) is 0.106. The van der Waals surface area contributed by atoms with Gasteiger partial charge >= 0.3 is 5.97 Å². The fraction of sp³-hybridized carbons (Fsp3) is 0.500. The molecule has 0 aromatic heterocycles. The number of carboxylic acids is 1. The van der Waals surface area contributed by atoms with E-state index < -0.39 is 17.4 Å². The zero-order chi connectivity index (χ0) is 15.5. The number of carbonyl (C=O) groups is 2. The molecule has 0 saturated heterocycles. The molecule has 0 bridgehead atoms. The normalized spacial score (nSPS) is 25.3. The molecule has 1 aliphatic rings. The van der Waals surface area contributed by atoms with Crippen molar-refractivity contribution < 1.29 is 19.8 Å². The number of nitrogens with one attached hydrogen (secondary N) is 1. The van der Waals surface area contributed by atoms with Gasteiger partial charge in [0.25, 0.3) is 0 Å². The van der Waals surface area contributed by atoms with Gasteiger partial charge in [-0.25, -0.2) is 0 Å². The molecule has 0 heterocycles. The molecule has 1 aromatic rings. The molecule has 21 heavy (non-hydrogen) atoms. The summed E-state index contributed by atoms with van der Waals surface area (Å²) in [6.07, 6.45) is 3.29. The highest BCUT2D eigenvalue weighted by Gasteiger charge is 2.42. The van der Waals surface area contributed by atoms with Crippen molar-refractivity contribution >= 4 is 11.9 Å². The number of phenols is 1. The van der Waals surface area contributed by atoms with Crippen LogP contribution >= 0.6 is 0 Å². The van der Waals surface area contributed by atoms with Gasteiger partial charge in [0.05, 0.1) is 17.9 Å². The molecule has 114 valence electrons. The topological polar surface area (TPSA) is 86.6 Å². The predicted molar refractivity (Wildman–Crippen MR) is 78.0 cm³/mol. The second-order valence-corrected chi connectivity index (χ2v) is 5.95. The van der Waals surface area contributed by atoms with E-state index in [1.807, 2.05) is 6.92 Å². The second-order valence-electron chi connectivity index (χ2n) is 5.95. The van der Waals surface area contributed by atoms with Crippen LogP contribution in [0.25, 0.3) is 0 Å². The Balaban J connectivity index is 2.02. The van der Waals surface area contributed by atoms with Crippen molar-refractivity contribution in [1.82, 2.24) is 5.32 Å². The molecule has 1 fully saturated rings. The maximum absolute atomic E-state index is 12.2. The largest absolute Gasteiger partial charge is 0.508 e. The first-order valence-electron chi connectivity index (χ1n) is 7.22. The van der Waals surface area contributed by atoms with Crippen molar-refractivity contribution in [3.8, 4) is 5.75 Å². The van der Waals surface area contributed by atoms with E-state index in [9.17, 15) is 19.8 Å². The number of hydrogen-bond acceptors (Lipinski definition) is 3. The van der Waals surface area contributed by atoms with Gasteiger partial charge in [-0.3, -0.25) is 9.59 Å². The molecule has 2 rings (SSSR count). The van der Waals surface area contributed by atoms with E-state index >= 15 is 0 Å². The van der Waals surface area contributed by atoms with Crippen LogP contribution in [-0.4, -0.2) is 27.6 Å². The minimum atomic E-state index is -0.845. The minimum absolute atomic E-state index is 0.157. The van der Waals surface area contributed by atoms with Crippen LogP contribution in [0.15, 0.2) is 24.3 Å².